The second kappa shape index (κ2) is 4.42. The van der Waals surface area contributed by atoms with Crippen molar-refractivity contribution in [1.82, 2.24) is 9.55 Å². The fraction of sp³-hybridized carbons (Fsp3) is 0.700. The summed E-state index contributed by atoms with van der Waals surface area (Å²) in [6, 6.07) is 0. The zero-order valence-corrected chi connectivity index (χ0v) is 8.80. The molecule has 13 heavy (non-hydrogen) atoms. The zero-order chi connectivity index (χ0) is 9.84. The molecule has 0 saturated carbocycles. The third kappa shape index (κ3) is 1.91. The van der Waals surface area contributed by atoms with Crippen LogP contribution in [0.1, 0.15) is 37.5 Å². The number of hydrogen-bond donors (Lipinski definition) is 1. The van der Waals surface area contributed by atoms with Gasteiger partial charge in [-0.3, -0.25) is 0 Å². The summed E-state index contributed by atoms with van der Waals surface area (Å²) in [6.07, 6.45) is 3.15. The summed E-state index contributed by atoms with van der Waals surface area (Å²) in [5.74, 6) is 1.14. The molecule has 2 N–H and O–H groups in total. The lowest BCUT2D eigenvalue weighted by atomic mass is 10.3. The van der Waals surface area contributed by atoms with Gasteiger partial charge in [-0.2, -0.15) is 0 Å². The Bertz CT molecular complexity index is 276. The second-order valence-electron chi connectivity index (χ2n) is 3.27. The molecule has 0 aliphatic carbocycles. The smallest absolute Gasteiger partial charge is 0.110 e. The van der Waals surface area contributed by atoms with E-state index in [1.807, 2.05) is 0 Å². The molecule has 3 nitrogen and oxygen atoms in total. The Morgan fingerprint density at radius 3 is 2.54 bits per heavy atom. The van der Waals surface area contributed by atoms with Gasteiger partial charge in [0.1, 0.15) is 5.82 Å². The molecule has 0 spiro atoms. The summed E-state index contributed by atoms with van der Waals surface area (Å²) in [7, 11) is 0. The molecule has 74 valence electrons. The SMILES string of the molecule is CCCc1nc(CC)c(C)n1CN. The Morgan fingerprint density at radius 1 is 1.38 bits per heavy atom. The van der Waals surface area contributed by atoms with Crippen LogP contribution < -0.4 is 5.73 Å². The summed E-state index contributed by atoms with van der Waals surface area (Å²) >= 11 is 0. The van der Waals surface area contributed by atoms with E-state index in [0.29, 0.717) is 6.67 Å². The molecule has 0 aliphatic rings. The van der Waals surface area contributed by atoms with Crippen LogP contribution in [-0.4, -0.2) is 9.55 Å². The van der Waals surface area contributed by atoms with Crippen molar-refractivity contribution in [3.05, 3.63) is 17.2 Å². The highest BCUT2D eigenvalue weighted by molar-refractivity contribution is 5.15. The van der Waals surface area contributed by atoms with Crippen molar-refractivity contribution >= 4 is 0 Å². The maximum Gasteiger partial charge on any atom is 0.110 e. The van der Waals surface area contributed by atoms with E-state index in [-0.39, 0.29) is 0 Å². The minimum Gasteiger partial charge on any atom is -0.319 e. The predicted molar refractivity (Wildman–Crippen MR) is 54.5 cm³/mol. The predicted octanol–water partition coefficient (Wildman–Crippen LogP) is 1.62. The fourth-order valence-corrected chi connectivity index (χ4v) is 1.64. The number of nitrogens with zero attached hydrogens (tertiary/aromatic N) is 2. The van der Waals surface area contributed by atoms with Crippen LogP contribution >= 0.6 is 0 Å². The number of aryl methyl sites for hydroxylation is 2. The first kappa shape index (κ1) is 10.3. The molecule has 0 bridgehead atoms. The highest BCUT2D eigenvalue weighted by Gasteiger charge is 2.09. The molecular weight excluding hydrogens is 162 g/mol. The van der Waals surface area contributed by atoms with Crippen molar-refractivity contribution in [1.29, 1.82) is 0 Å². The van der Waals surface area contributed by atoms with Crippen molar-refractivity contribution < 1.29 is 0 Å². The lowest BCUT2D eigenvalue weighted by molar-refractivity contribution is 0.649. The van der Waals surface area contributed by atoms with E-state index in [9.17, 15) is 0 Å². The van der Waals surface area contributed by atoms with E-state index in [1.54, 1.807) is 0 Å². The standard InChI is InChI=1S/C10H19N3/c1-4-6-10-12-9(5-2)8(3)13(10)7-11/h4-7,11H2,1-3H3. The van der Waals surface area contributed by atoms with Crippen molar-refractivity contribution in [2.75, 3.05) is 0 Å². The number of aromatic nitrogens is 2. The van der Waals surface area contributed by atoms with E-state index >= 15 is 0 Å². The summed E-state index contributed by atoms with van der Waals surface area (Å²) < 4.78 is 2.11. The van der Waals surface area contributed by atoms with Crippen LogP contribution in [0.5, 0.6) is 0 Å². The minimum absolute atomic E-state index is 0.550. The maximum atomic E-state index is 5.67. The molecule has 1 heterocycles. The lowest BCUT2D eigenvalue weighted by Gasteiger charge is -2.05. The van der Waals surface area contributed by atoms with E-state index in [2.05, 4.69) is 30.3 Å². The van der Waals surface area contributed by atoms with E-state index in [0.717, 1.165) is 25.1 Å². The highest BCUT2D eigenvalue weighted by Crippen LogP contribution is 2.12. The van der Waals surface area contributed by atoms with Crippen molar-refractivity contribution in [3.8, 4) is 0 Å². The molecule has 1 rings (SSSR count). The number of rotatable bonds is 4. The monoisotopic (exact) mass is 181 g/mol. The van der Waals surface area contributed by atoms with Crippen LogP contribution in [0.15, 0.2) is 0 Å². The Morgan fingerprint density at radius 2 is 2.08 bits per heavy atom. The Kier molecular flexibility index (Phi) is 3.48. The van der Waals surface area contributed by atoms with Gasteiger partial charge in [-0.1, -0.05) is 13.8 Å². The van der Waals surface area contributed by atoms with Crippen molar-refractivity contribution in [3.63, 3.8) is 0 Å². The van der Waals surface area contributed by atoms with Gasteiger partial charge in [0.25, 0.3) is 0 Å². The first-order chi connectivity index (χ1) is 6.24. The van der Waals surface area contributed by atoms with Gasteiger partial charge in [0.05, 0.1) is 12.4 Å². The molecule has 3 heteroatoms. The lowest BCUT2D eigenvalue weighted by Crippen LogP contribution is -2.12. The third-order valence-electron chi connectivity index (χ3n) is 2.39. The van der Waals surface area contributed by atoms with Gasteiger partial charge < -0.3 is 10.3 Å². The number of nitrogens with two attached hydrogens (primary N) is 1. The van der Waals surface area contributed by atoms with Gasteiger partial charge in [0, 0.05) is 12.1 Å². The molecule has 0 aliphatic heterocycles. The fourth-order valence-electron chi connectivity index (χ4n) is 1.64. The van der Waals surface area contributed by atoms with E-state index < -0.39 is 0 Å². The van der Waals surface area contributed by atoms with Crippen LogP contribution in [-0.2, 0) is 19.5 Å². The average Bonchev–Trinajstić information content (AvgIpc) is 2.43. The molecule has 0 saturated heterocycles. The Hall–Kier alpha value is -0.830. The van der Waals surface area contributed by atoms with Gasteiger partial charge in [-0.05, 0) is 19.8 Å². The Labute approximate surface area is 80.0 Å². The molecule has 0 unspecified atom stereocenters. The molecular formula is C10H19N3. The maximum absolute atomic E-state index is 5.67. The van der Waals surface area contributed by atoms with E-state index in [1.165, 1.54) is 11.4 Å². The van der Waals surface area contributed by atoms with Crippen LogP contribution in [0.25, 0.3) is 0 Å². The van der Waals surface area contributed by atoms with Gasteiger partial charge in [-0.25, -0.2) is 4.98 Å². The number of imidazole rings is 1. The van der Waals surface area contributed by atoms with Crippen LogP contribution in [0, 0.1) is 6.92 Å². The molecule has 0 amide bonds. The third-order valence-corrected chi connectivity index (χ3v) is 2.39. The van der Waals surface area contributed by atoms with Crippen molar-refractivity contribution in [2.24, 2.45) is 5.73 Å². The Balaban J connectivity index is 3.04. The van der Waals surface area contributed by atoms with Gasteiger partial charge in [0.15, 0.2) is 0 Å². The first-order valence-corrected chi connectivity index (χ1v) is 4.99. The van der Waals surface area contributed by atoms with Crippen LogP contribution in [0.2, 0.25) is 0 Å². The molecule has 0 fully saturated rings. The van der Waals surface area contributed by atoms with Crippen molar-refractivity contribution in [2.45, 2.75) is 46.7 Å². The first-order valence-electron chi connectivity index (χ1n) is 4.99. The van der Waals surface area contributed by atoms with Crippen LogP contribution in [0.3, 0.4) is 0 Å². The quantitative estimate of drug-likeness (QED) is 0.767. The molecule has 1 aromatic heterocycles. The van der Waals surface area contributed by atoms with Gasteiger partial charge in [-0.15, -0.1) is 0 Å². The topological polar surface area (TPSA) is 43.8 Å². The average molecular weight is 181 g/mol. The zero-order valence-electron chi connectivity index (χ0n) is 8.80. The normalized spacial score (nSPS) is 10.8. The second-order valence-corrected chi connectivity index (χ2v) is 3.27. The molecule has 1 aromatic rings. The van der Waals surface area contributed by atoms with Gasteiger partial charge >= 0.3 is 0 Å². The minimum atomic E-state index is 0.550. The summed E-state index contributed by atoms with van der Waals surface area (Å²) in [5.41, 5.74) is 8.09. The molecule has 0 radical (unpaired) electrons. The number of hydrogen-bond acceptors (Lipinski definition) is 2. The molecule has 0 atom stereocenters. The summed E-state index contributed by atoms with van der Waals surface area (Å²) in [6.45, 7) is 6.94. The van der Waals surface area contributed by atoms with Crippen LogP contribution in [0.4, 0.5) is 0 Å². The van der Waals surface area contributed by atoms with E-state index in [4.69, 9.17) is 5.73 Å². The summed E-state index contributed by atoms with van der Waals surface area (Å²) in [4.78, 5) is 4.57. The molecule has 0 aromatic carbocycles. The van der Waals surface area contributed by atoms with Gasteiger partial charge in [0.2, 0.25) is 0 Å². The largest absolute Gasteiger partial charge is 0.319 e. The summed E-state index contributed by atoms with van der Waals surface area (Å²) in [5, 5.41) is 0. The highest BCUT2D eigenvalue weighted by atomic mass is 15.1.